The van der Waals surface area contributed by atoms with E-state index < -0.39 is 5.60 Å². The Morgan fingerprint density at radius 3 is 2.36 bits per heavy atom. The van der Waals surface area contributed by atoms with Crippen molar-refractivity contribution in [3.63, 3.8) is 0 Å². The van der Waals surface area contributed by atoms with E-state index in [1.54, 1.807) is 0 Å². The van der Waals surface area contributed by atoms with Gasteiger partial charge in [0.05, 0.1) is 0 Å². The summed E-state index contributed by atoms with van der Waals surface area (Å²) in [6.07, 6.45) is 6.37. The lowest BCUT2D eigenvalue weighted by molar-refractivity contribution is -0.147. The van der Waals surface area contributed by atoms with Gasteiger partial charge in [0.1, 0.15) is 11.7 Å². The van der Waals surface area contributed by atoms with Crippen LogP contribution in [0, 0.1) is 5.92 Å². The van der Waals surface area contributed by atoms with E-state index in [2.05, 4.69) is 24.4 Å². The average Bonchev–Trinajstić information content (AvgIpc) is 2.34. The molecule has 0 fully saturated rings. The number of hydrogen-bond donors (Lipinski definition) is 1. The predicted octanol–water partition coefficient (Wildman–Crippen LogP) is 3.83. The molecule has 0 saturated heterocycles. The second kappa shape index (κ2) is 10.2. The first kappa shape index (κ1) is 20.5. The Morgan fingerprint density at radius 1 is 1.18 bits per heavy atom. The highest BCUT2D eigenvalue weighted by Crippen LogP contribution is 2.12. The molecule has 0 bridgehead atoms. The highest BCUT2D eigenvalue weighted by molar-refractivity contribution is 5.67. The maximum absolute atomic E-state index is 11.4. The number of esters is 1. The lowest BCUT2D eigenvalue weighted by atomic mass is 10.0. The molecule has 0 aliphatic carbocycles. The molecule has 0 saturated carbocycles. The topological polar surface area (TPSA) is 64.6 Å². The summed E-state index contributed by atoms with van der Waals surface area (Å²) in [7, 11) is 0. The zero-order valence-corrected chi connectivity index (χ0v) is 14.8. The first-order valence-corrected chi connectivity index (χ1v) is 7.91. The molecule has 128 valence electrons. The smallest absolute Gasteiger partial charge is 0.407 e. The predicted molar refractivity (Wildman–Crippen MR) is 87.6 cm³/mol. The van der Waals surface area contributed by atoms with Gasteiger partial charge in [-0.1, -0.05) is 19.1 Å². The quantitative estimate of drug-likeness (QED) is 0.420. The van der Waals surface area contributed by atoms with Gasteiger partial charge in [0.25, 0.3) is 0 Å². The van der Waals surface area contributed by atoms with Crippen LogP contribution in [0.3, 0.4) is 0 Å². The van der Waals surface area contributed by atoms with Crippen molar-refractivity contribution in [2.24, 2.45) is 5.92 Å². The van der Waals surface area contributed by atoms with E-state index in [0.29, 0.717) is 12.5 Å². The summed E-state index contributed by atoms with van der Waals surface area (Å²) in [5, 5.41) is 2.73. The molecule has 0 radical (unpaired) electrons. The number of allylic oxidation sites excluding steroid dienone is 2. The van der Waals surface area contributed by atoms with Crippen LogP contribution in [0.2, 0.25) is 0 Å². The molecule has 0 spiro atoms. The number of carbonyl (C=O) groups is 2. The van der Waals surface area contributed by atoms with Crippen LogP contribution in [0.15, 0.2) is 12.2 Å². The minimum Gasteiger partial charge on any atom is -0.463 e. The zero-order valence-electron chi connectivity index (χ0n) is 14.8. The molecule has 2 unspecified atom stereocenters. The van der Waals surface area contributed by atoms with Crippen LogP contribution < -0.4 is 5.32 Å². The third kappa shape index (κ3) is 12.2. The van der Waals surface area contributed by atoms with Gasteiger partial charge >= 0.3 is 12.1 Å². The monoisotopic (exact) mass is 313 g/mol. The Morgan fingerprint density at radius 2 is 1.82 bits per heavy atom. The molecule has 0 aliphatic heterocycles. The van der Waals surface area contributed by atoms with Gasteiger partial charge in [-0.2, -0.15) is 0 Å². The van der Waals surface area contributed by atoms with E-state index in [4.69, 9.17) is 9.47 Å². The number of amides is 1. The summed E-state index contributed by atoms with van der Waals surface area (Å²) in [6, 6.07) is 0. The minimum absolute atomic E-state index is 0.0732. The Hall–Kier alpha value is -1.52. The van der Waals surface area contributed by atoms with Crippen LogP contribution in [0.4, 0.5) is 4.79 Å². The lowest BCUT2D eigenvalue weighted by Crippen LogP contribution is -2.32. The largest absolute Gasteiger partial charge is 0.463 e. The molecule has 2 atom stereocenters. The van der Waals surface area contributed by atoms with Gasteiger partial charge in [0, 0.05) is 13.5 Å². The Labute approximate surface area is 134 Å². The number of rotatable bonds is 8. The number of hydrogen-bond acceptors (Lipinski definition) is 4. The molecule has 0 rings (SSSR count). The summed E-state index contributed by atoms with van der Waals surface area (Å²) in [5.74, 6) is 0.0524. The van der Waals surface area contributed by atoms with Crippen molar-refractivity contribution in [2.75, 3.05) is 6.54 Å². The lowest BCUT2D eigenvalue weighted by Gasteiger charge is -2.19. The normalized spacial score (nSPS) is 14.5. The van der Waals surface area contributed by atoms with Crippen LogP contribution >= 0.6 is 0 Å². The maximum Gasteiger partial charge on any atom is 0.407 e. The van der Waals surface area contributed by atoms with Gasteiger partial charge in [-0.15, -0.1) is 0 Å². The van der Waals surface area contributed by atoms with E-state index in [-0.39, 0.29) is 18.2 Å². The summed E-state index contributed by atoms with van der Waals surface area (Å²) < 4.78 is 10.3. The Balaban J connectivity index is 3.71. The maximum atomic E-state index is 11.4. The van der Waals surface area contributed by atoms with Crippen LogP contribution in [0.1, 0.15) is 60.8 Å². The SMILES string of the molecule is CC(=O)OC(C)C(C)CC=CCCCNC(=O)OC(C)(C)C. The Kier molecular flexibility index (Phi) is 9.54. The first-order chi connectivity index (χ1) is 10.1. The molecule has 0 aromatic carbocycles. The average molecular weight is 313 g/mol. The van der Waals surface area contributed by atoms with Crippen molar-refractivity contribution in [1.82, 2.24) is 5.32 Å². The standard InChI is InChI=1S/C17H31NO4/c1-13(14(2)21-15(3)19)11-9-7-8-10-12-18-16(20)22-17(4,5)6/h7,9,13-14H,8,10-12H2,1-6H3,(H,18,20). The molecule has 0 heterocycles. The van der Waals surface area contributed by atoms with E-state index in [9.17, 15) is 9.59 Å². The molecule has 5 heteroatoms. The molecule has 22 heavy (non-hydrogen) atoms. The van der Waals surface area contributed by atoms with Crippen LogP contribution in [0.5, 0.6) is 0 Å². The van der Waals surface area contributed by atoms with Crippen molar-refractivity contribution < 1.29 is 19.1 Å². The molecule has 1 N–H and O–H groups in total. The molecule has 0 aromatic rings. The van der Waals surface area contributed by atoms with E-state index in [1.807, 2.05) is 27.7 Å². The van der Waals surface area contributed by atoms with Crippen LogP contribution in [-0.4, -0.2) is 30.3 Å². The van der Waals surface area contributed by atoms with Crippen LogP contribution in [-0.2, 0) is 14.3 Å². The molecule has 5 nitrogen and oxygen atoms in total. The third-order valence-corrected chi connectivity index (χ3v) is 3.04. The van der Waals surface area contributed by atoms with Crippen molar-refractivity contribution in [3.05, 3.63) is 12.2 Å². The fourth-order valence-electron chi connectivity index (χ4n) is 1.72. The van der Waals surface area contributed by atoms with Crippen molar-refractivity contribution in [3.8, 4) is 0 Å². The van der Waals surface area contributed by atoms with E-state index in [0.717, 1.165) is 19.3 Å². The number of carbonyl (C=O) groups excluding carboxylic acids is 2. The van der Waals surface area contributed by atoms with Crippen LogP contribution in [0.25, 0.3) is 0 Å². The first-order valence-electron chi connectivity index (χ1n) is 7.91. The number of alkyl carbamates (subject to hydrolysis) is 1. The van der Waals surface area contributed by atoms with Crippen molar-refractivity contribution >= 4 is 12.1 Å². The zero-order chi connectivity index (χ0) is 17.2. The summed E-state index contributed by atoms with van der Waals surface area (Å²) in [6.45, 7) is 11.5. The number of ether oxygens (including phenoxy) is 2. The van der Waals surface area contributed by atoms with E-state index in [1.165, 1.54) is 6.92 Å². The van der Waals surface area contributed by atoms with Gasteiger partial charge in [0.15, 0.2) is 0 Å². The summed E-state index contributed by atoms with van der Waals surface area (Å²) in [4.78, 5) is 22.3. The highest BCUT2D eigenvalue weighted by atomic mass is 16.6. The fourth-order valence-corrected chi connectivity index (χ4v) is 1.72. The second-order valence-electron chi connectivity index (χ2n) is 6.57. The minimum atomic E-state index is -0.460. The van der Waals surface area contributed by atoms with E-state index >= 15 is 0 Å². The van der Waals surface area contributed by atoms with Crippen molar-refractivity contribution in [1.29, 1.82) is 0 Å². The number of unbranched alkanes of at least 4 members (excludes halogenated alkanes) is 1. The molecule has 0 aromatic heterocycles. The van der Waals surface area contributed by atoms with Gasteiger partial charge in [-0.3, -0.25) is 4.79 Å². The Bertz CT molecular complexity index is 371. The fraction of sp³-hybridized carbons (Fsp3) is 0.765. The third-order valence-electron chi connectivity index (χ3n) is 3.04. The molecule has 0 aliphatic rings. The highest BCUT2D eigenvalue weighted by Gasteiger charge is 2.15. The second-order valence-corrected chi connectivity index (χ2v) is 6.57. The number of nitrogens with one attached hydrogen (secondary N) is 1. The molecule has 1 amide bonds. The summed E-state index contributed by atoms with van der Waals surface area (Å²) in [5.41, 5.74) is -0.460. The van der Waals surface area contributed by atoms with Gasteiger partial charge in [-0.25, -0.2) is 4.79 Å². The molecular weight excluding hydrogens is 282 g/mol. The van der Waals surface area contributed by atoms with Crippen molar-refractivity contribution in [2.45, 2.75) is 72.5 Å². The molecular formula is C17H31NO4. The van der Waals surface area contributed by atoms with Gasteiger partial charge in [0.2, 0.25) is 0 Å². The van der Waals surface area contributed by atoms with Gasteiger partial charge in [-0.05, 0) is 52.9 Å². The summed E-state index contributed by atoms with van der Waals surface area (Å²) >= 11 is 0. The van der Waals surface area contributed by atoms with Gasteiger partial charge < -0.3 is 14.8 Å².